The molecular weight excluding hydrogens is 500 g/mol. The maximum Gasteiger partial charge on any atom is 0.325 e. The zero-order valence-electron chi connectivity index (χ0n) is 18.1. The number of hydrogen-bond donors (Lipinski definition) is 3. The zero-order valence-corrected chi connectivity index (χ0v) is 21.4. The number of halogens is 2. The van der Waals surface area contributed by atoms with Crippen molar-refractivity contribution in [3.8, 4) is 0 Å². The fourth-order valence-corrected chi connectivity index (χ4v) is 5.58. The first-order valence-electron chi connectivity index (χ1n) is 10.5. The van der Waals surface area contributed by atoms with Crippen molar-refractivity contribution < 1.29 is 18.7 Å². The molecule has 0 radical (unpaired) electrons. The van der Waals surface area contributed by atoms with Gasteiger partial charge < -0.3 is 15.1 Å². The fourth-order valence-electron chi connectivity index (χ4n) is 3.31. The van der Waals surface area contributed by atoms with Crippen LogP contribution >= 0.6 is 35.3 Å². The van der Waals surface area contributed by atoms with Gasteiger partial charge in [0, 0.05) is 15.9 Å². The molecular formula is C23H32BrFNO3PS. The van der Waals surface area contributed by atoms with Gasteiger partial charge >= 0.3 is 7.60 Å². The average Bonchev–Trinajstić information content (AvgIpc) is 2.68. The second-order valence-electron chi connectivity index (χ2n) is 8.38. The van der Waals surface area contributed by atoms with Gasteiger partial charge in [-0.25, -0.2) is 4.39 Å². The lowest BCUT2D eigenvalue weighted by atomic mass is 9.80. The molecule has 0 aliphatic rings. The van der Waals surface area contributed by atoms with Gasteiger partial charge in [-0.1, -0.05) is 38.5 Å². The van der Waals surface area contributed by atoms with Gasteiger partial charge in [0.15, 0.2) is 0 Å². The Balaban J connectivity index is 1.69. The number of unbranched alkanes of at least 4 members (excludes halogenated alkanes) is 1. The van der Waals surface area contributed by atoms with Gasteiger partial charge in [-0.15, -0.1) is 11.8 Å². The number of benzene rings is 2. The summed E-state index contributed by atoms with van der Waals surface area (Å²) in [6, 6.07) is 13.1. The lowest BCUT2D eigenvalue weighted by molar-refractivity contribution is 0.371. The van der Waals surface area contributed by atoms with Crippen molar-refractivity contribution in [3.63, 3.8) is 0 Å². The first-order valence-corrected chi connectivity index (χ1v) is 14.1. The second-order valence-corrected chi connectivity index (χ2v) is 12.1. The number of rotatable bonds is 13. The van der Waals surface area contributed by atoms with Gasteiger partial charge in [-0.2, -0.15) is 0 Å². The van der Waals surface area contributed by atoms with Gasteiger partial charge in [0.05, 0.1) is 6.16 Å². The Labute approximate surface area is 197 Å². The summed E-state index contributed by atoms with van der Waals surface area (Å²) < 4.78 is 25.1. The Morgan fingerprint density at radius 1 is 1.10 bits per heavy atom. The predicted molar refractivity (Wildman–Crippen MR) is 131 cm³/mol. The maximum atomic E-state index is 13.1. The summed E-state index contributed by atoms with van der Waals surface area (Å²) in [5.41, 5.74) is 2.35. The molecule has 0 unspecified atom stereocenters. The summed E-state index contributed by atoms with van der Waals surface area (Å²) in [5.74, 6) is 0.848. The lowest BCUT2D eigenvalue weighted by Crippen LogP contribution is -2.17. The van der Waals surface area contributed by atoms with Crippen molar-refractivity contribution in [1.82, 2.24) is 5.32 Å². The molecule has 0 spiro atoms. The third kappa shape index (κ3) is 10.2. The van der Waals surface area contributed by atoms with Crippen LogP contribution in [-0.2, 0) is 16.5 Å². The van der Waals surface area contributed by atoms with Crippen molar-refractivity contribution in [2.24, 2.45) is 0 Å². The normalized spacial score (nSPS) is 12.3. The molecule has 0 amide bonds. The van der Waals surface area contributed by atoms with Crippen LogP contribution in [0.3, 0.4) is 0 Å². The van der Waals surface area contributed by atoms with Crippen LogP contribution in [0.15, 0.2) is 51.8 Å². The third-order valence-electron chi connectivity index (χ3n) is 5.21. The molecule has 2 aromatic carbocycles. The van der Waals surface area contributed by atoms with E-state index in [2.05, 4.69) is 53.3 Å². The van der Waals surface area contributed by atoms with E-state index < -0.39 is 7.60 Å². The van der Waals surface area contributed by atoms with Crippen molar-refractivity contribution in [3.05, 3.63) is 63.9 Å². The summed E-state index contributed by atoms with van der Waals surface area (Å²) in [7, 11) is -3.90. The average molecular weight is 532 g/mol. The molecule has 0 aromatic heterocycles. The lowest BCUT2D eigenvalue weighted by Gasteiger charge is -2.25. The van der Waals surface area contributed by atoms with Crippen LogP contribution in [0.2, 0.25) is 0 Å². The Kier molecular flexibility index (Phi) is 10.7. The highest BCUT2D eigenvalue weighted by Gasteiger charge is 2.19. The van der Waals surface area contributed by atoms with Gasteiger partial charge in [-0.3, -0.25) is 4.57 Å². The highest BCUT2D eigenvalue weighted by molar-refractivity contribution is 9.10. The number of nitrogens with one attached hydrogen (secondary N) is 1. The molecule has 0 atom stereocenters. The van der Waals surface area contributed by atoms with Crippen LogP contribution in [0, 0.1) is 5.82 Å². The van der Waals surface area contributed by atoms with E-state index in [0.29, 0.717) is 19.5 Å². The third-order valence-corrected chi connectivity index (χ3v) is 8.18. The molecule has 3 N–H and O–H groups in total. The molecule has 2 aromatic rings. The Hall–Kier alpha value is -0.690. The van der Waals surface area contributed by atoms with E-state index in [4.69, 9.17) is 9.79 Å². The van der Waals surface area contributed by atoms with E-state index in [1.54, 1.807) is 0 Å². The summed E-state index contributed by atoms with van der Waals surface area (Å²) in [6.07, 6.45) is 3.67. The molecule has 0 aliphatic carbocycles. The van der Waals surface area contributed by atoms with Crippen molar-refractivity contribution >= 4 is 35.3 Å². The largest absolute Gasteiger partial charge is 0.325 e. The molecule has 0 fully saturated rings. The van der Waals surface area contributed by atoms with E-state index in [1.165, 1.54) is 22.6 Å². The van der Waals surface area contributed by atoms with E-state index in [9.17, 15) is 8.96 Å². The van der Waals surface area contributed by atoms with Gasteiger partial charge in [0.1, 0.15) is 5.82 Å². The monoisotopic (exact) mass is 531 g/mol. The minimum absolute atomic E-state index is 0.0406. The first-order chi connectivity index (χ1) is 14.6. The van der Waals surface area contributed by atoms with Gasteiger partial charge in [0.25, 0.3) is 0 Å². The molecule has 0 bridgehead atoms. The van der Waals surface area contributed by atoms with E-state index in [-0.39, 0.29) is 17.4 Å². The topological polar surface area (TPSA) is 69.6 Å². The fraction of sp³-hybridized carbons (Fsp3) is 0.478. The molecule has 0 aliphatic heterocycles. The molecule has 4 nitrogen and oxygen atoms in total. The first kappa shape index (κ1) is 26.6. The Morgan fingerprint density at radius 2 is 1.81 bits per heavy atom. The summed E-state index contributed by atoms with van der Waals surface area (Å²) >= 11 is 5.49. The molecule has 0 heterocycles. The molecule has 172 valence electrons. The highest BCUT2D eigenvalue weighted by Crippen LogP contribution is 2.34. The minimum atomic E-state index is -3.90. The van der Waals surface area contributed by atoms with E-state index >= 15 is 0 Å². The Morgan fingerprint density at radius 3 is 2.45 bits per heavy atom. The Bertz CT molecular complexity index is 874. The number of thioether (sulfide) groups is 1. The van der Waals surface area contributed by atoms with Crippen LogP contribution in [0.4, 0.5) is 4.39 Å². The van der Waals surface area contributed by atoms with Crippen molar-refractivity contribution in [1.29, 1.82) is 0 Å². The van der Waals surface area contributed by atoms with Crippen LogP contribution in [0.5, 0.6) is 0 Å². The standard InChI is InChI=1S/C23H32BrFNO3PS/c1-23(2,19-7-9-20(25)10-8-19)12-3-4-15-31-22-11-6-18(16-21(22)24)17-26-13-5-14-30(27,28)29/h6-11,16,26H,3-5,12-15,17H2,1-2H3,(H2,27,28,29). The summed E-state index contributed by atoms with van der Waals surface area (Å²) in [6.45, 7) is 5.67. The quantitative estimate of drug-likeness (QED) is 0.156. The maximum absolute atomic E-state index is 13.1. The zero-order chi connectivity index (χ0) is 22.9. The summed E-state index contributed by atoms with van der Waals surface area (Å²) in [5, 5.41) is 3.22. The number of hydrogen-bond acceptors (Lipinski definition) is 3. The van der Waals surface area contributed by atoms with Crippen molar-refractivity contribution in [2.75, 3.05) is 18.5 Å². The predicted octanol–water partition coefficient (Wildman–Crippen LogP) is 6.49. The molecule has 0 saturated heterocycles. The van der Waals surface area contributed by atoms with E-state index in [0.717, 1.165) is 35.1 Å². The molecule has 8 heteroatoms. The second kappa shape index (κ2) is 12.5. The highest BCUT2D eigenvalue weighted by atomic mass is 79.9. The van der Waals surface area contributed by atoms with E-state index in [1.807, 2.05) is 23.9 Å². The van der Waals surface area contributed by atoms with Gasteiger partial charge in [-0.05, 0) is 88.3 Å². The minimum Gasteiger partial charge on any atom is -0.324 e. The molecule has 0 saturated carbocycles. The van der Waals surface area contributed by atoms with Crippen molar-refractivity contribution in [2.45, 2.75) is 56.4 Å². The SMILES string of the molecule is CC(C)(CCCCSc1ccc(CNCCCP(=O)(O)O)cc1Br)c1ccc(F)cc1. The summed E-state index contributed by atoms with van der Waals surface area (Å²) in [4.78, 5) is 18.9. The van der Waals surface area contributed by atoms with Crippen LogP contribution in [0.25, 0.3) is 0 Å². The molecule has 31 heavy (non-hydrogen) atoms. The van der Waals surface area contributed by atoms with Crippen LogP contribution in [0.1, 0.15) is 50.7 Å². The smallest absolute Gasteiger partial charge is 0.324 e. The van der Waals surface area contributed by atoms with Crippen LogP contribution in [-0.4, -0.2) is 28.2 Å². The molecule has 2 rings (SSSR count). The van der Waals surface area contributed by atoms with Crippen LogP contribution < -0.4 is 5.32 Å². The van der Waals surface area contributed by atoms with Gasteiger partial charge in [0.2, 0.25) is 0 Å².